The molecule has 0 radical (unpaired) electrons. The molecule has 1 fully saturated rings. The first-order valence-corrected chi connectivity index (χ1v) is 7.73. The van der Waals surface area contributed by atoms with Crippen LogP contribution in [0.4, 0.5) is 5.69 Å². The average molecular weight is 287 g/mol. The maximum absolute atomic E-state index is 11.5. The van der Waals surface area contributed by atoms with Gasteiger partial charge in [0, 0.05) is 18.3 Å². The molecule has 4 nitrogen and oxygen atoms in total. The van der Waals surface area contributed by atoms with Crippen LogP contribution in [0.3, 0.4) is 0 Å². The van der Waals surface area contributed by atoms with E-state index in [1.165, 1.54) is 18.6 Å². The fourth-order valence-electron chi connectivity index (χ4n) is 2.74. The SMILES string of the molecule is CNC(=O)c1ccc(NN=C2CCC(C(C)C)CC2)cc1. The summed E-state index contributed by atoms with van der Waals surface area (Å²) in [6.07, 6.45) is 4.67. The number of carbonyl (C=O) groups is 1. The van der Waals surface area contributed by atoms with Crippen LogP contribution in [0.1, 0.15) is 49.9 Å². The van der Waals surface area contributed by atoms with E-state index in [0.29, 0.717) is 5.56 Å². The molecule has 114 valence electrons. The van der Waals surface area contributed by atoms with Gasteiger partial charge in [-0.05, 0) is 61.8 Å². The van der Waals surface area contributed by atoms with Gasteiger partial charge in [-0.2, -0.15) is 5.10 Å². The molecule has 2 N–H and O–H groups in total. The monoisotopic (exact) mass is 287 g/mol. The van der Waals surface area contributed by atoms with Gasteiger partial charge in [0.2, 0.25) is 0 Å². The van der Waals surface area contributed by atoms with E-state index in [1.54, 1.807) is 19.2 Å². The van der Waals surface area contributed by atoms with Crippen molar-refractivity contribution in [2.45, 2.75) is 39.5 Å². The molecule has 0 heterocycles. The third-order valence-electron chi connectivity index (χ3n) is 4.27. The summed E-state index contributed by atoms with van der Waals surface area (Å²) >= 11 is 0. The molecule has 0 bridgehead atoms. The first kappa shape index (κ1) is 15.5. The largest absolute Gasteiger partial charge is 0.355 e. The Kier molecular flexibility index (Phi) is 5.37. The molecule has 1 amide bonds. The van der Waals surface area contributed by atoms with Crippen molar-refractivity contribution in [1.29, 1.82) is 0 Å². The number of hydrogen-bond acceptors (Lipinski definition) is 3. The lowest BCUT2D eigenvalue weighted by molar-refractivity contribution is 0.0963. The molecule has 4 heteroatoms. The van der Waals surface area contributed by atoms with E-state index in [2.05, 4.69) is 29.7 Å². The second-order valence-electron chi connectivity index (χ2n) is 6.03. The second kappa shape index (κ2) is 7.25. The lowest BCUT2D eigenvalue weighted by atomic mass is 9.81. The summed E-state index contributed by atoms with van der Waals surface area (Å²) in [5.41, 5.74) is 5.93. The minimum Gasteiger partial charge on any atom is -0.355 e. The molecule has 0 atom stereocenters. The number of carbonyl (C=O) groups excluding carboxylic acids is 1. The minimum atomic E-state index is -0.0696. The van der Waals surface area contributed by atoms with Gasteiger partial charge in [0.25, 0.3) is 5.91 Å². The standard InChI is InChI=1S/C17H25N3O/c1-12(2)13-4-8-15(9-5-13)19-20-16-10-6-14(7-11-16)17(21)18-3/h6-7,10-13,20H,4-5,8-9H2,1-3H3,(H,18,21). The third kappa shape index (κ3) is 4.31. The number of amides is 1. The smallest absolute Gasteiger partial charge is 0.251 e. The molecule has 1 saturated carbocycles. The number of benzene rings is 1. The summed E-state index contributed by atoms with van der Waals surface area (Å²) in [4.78, 5) is 11.5. The van der Waals surface area contributed by atoms with Gasteiger partial charge in [0.15, 0.2) is 0 Å². The fraction of sp³-hybridized carbons (Fsp3) is 0.529. The Hall–Kier alpha value is -1.84. The Morgan fingerprint density at radius 1 is 1.19 bits per heavy atom. The van der Waals surface area contributed by atoms with Crippen LogP contribution in [0, 0.1) is 11.8 Å². The molecule has 0 spiro atoms. The maximum Gasteiger partial charge on any atom is 0.251 e. The van der Waals surface area contributed by atoms with Crippen molar-refractivity contribution >= 4 is 17.3 Å². The number of rotatable bonds is 4. The van der Waals surface area contributed by atoms with E-state index in [1.807, 2.05) is 12.1 Å². The Balaban J connectivity index is 1.88. The molecular formula is C17H25N3O. The molecule has 0 aromatic heterocycles. The highest BCUT2D eigenvalue weighted by Gasteiger charge is 2.20. The Bertz CT molecular complexity index is 495. The highest BCUT2D eigenvalue weighted by atomic mass is 16.1. The van der Waals surface area contributed by atoms with Crippen LogP contribution >= 0.6 is 0 Å². The first-order chi connectivity index (χ1) is 10.1. The molecule has 1 aliphatic carbocycles. The van der Waals surface area contributed by atoms with E-state index < -0.39 is 0 Å². The van der Waals surface area contributed by atoms with Crippen molar-refractivity contribution in [3.63, 3.8) is 0 Å². The van der Waals surface area contributed by atoms with Crippen molar-refractivity contribution in [1.82, 2.24) is 5.32 Å². The van der Waals surface area contributed by atoms with Gasteiger partial charge in [-0.1, -0.05) is 13.8 Å². The highest BCUT2D eigenvalue weighted by Crippen LogP contribution is 2.28. The molecule has 21 heavy (non-hydrogen) atoms. The van der Waals surface area contributed by atoms with Gasteiger partial charge in [-0.3, -0.25) is 10.2 Å². The van der Waals surface area contributed by atoms with Gasteiger partial charge in [-0.15, -0.1) is 0 Å². The molecular weight excluding hydrogens is 262 g/mol. The number of hydrazone groups is 1. The number of anilines is 1. The van der Waals surface area contributed by atoms with Gasteiger partial charge >= 0.3 is 0 Å². The third-order valence-corrected chi connectivity index (χ3v) is 4.27. The van der Waals surface area contributed by atoms with Gasteiger partial charge in [0.1, 0.15) is 0 Å². The molecule has 1 aromatic carbocycles. The lowest BCUT2D eigenvalue weighted by Gasteiger charge is -2.26. The van der Waals surface area contributed by atoms with Gasteiger partial charge in [-0.25, -0.2) is 0 Å². The van der Waals surface area contributed by atoms with Gasteiger partial charge in [0.05, 0.1) is 5.69 Å². The van der Waals surface area contributed by atoms with Crippen LogP contribution in [0.15, 0.2) is 29.4 Å². The van der Waals surface area contributed by atoms with Crippen molar-refractivity contribution in [3.05, 3.63) is 29.8 Å². The Labute approximate surface area is 127 Å². The Morgan fingerprint density at radius 2 is 1.81 bits per heavy atom. The van der Waals surface area contributed by atoms with Crippen LogP contribution in [-0.4, -0.2) is 18.7 Å². The normalized spacial score (nSPS) is 18.5. The predicted octanol–water partition coefficient (Wildman–Crippen LogP) is 3.66. The number of hydrogen-bond donors (Lipinski definition) is 2. The highest BCUT2D eigenvalue weighted by molar-refractivity contribution is 5.94. The molecule has 1 aliphatic rings. The zero-order valence-corrected chi connectivity index (χ0v) is 13.1. The summed E-state index contributed by atoms with van der Waals surface area (Å²) in [5.74, 6) is 1.55. The van der Waals surface area contributed by atoms with E-state index in [4.69, 9.17) is 0 Å². The fourth-order valence-corrected chi connectivity index (χ4v) is 2.74. The van der Waals surface area contributed by atoms with Crippen molar-refractivity contribution in [2.75, 3.05) is 12.5 Å². The van der Waals surface area contributed by atoms with Crippen molar-refractivity contribution in [2.24, 2.45) is 16.9 Å². The van der Waals surface area contributed by atoms with Crippen LogP contribution in [-0.2, 0) is 0 Å². The number of nitrogens with zero attached hydrogens (tertiary/aromatic N) is 1. The van der Waals surface area contributed by atoms with E-state index in [9.17, 15) is 4.79 Å². The minimum absolute atomic E-state index is 0.0696. The second-order valence-corrected chi connectivity index (χ2v) is 6.03. The van der Waals surface area contributed by atoms with E-state index in [-0.39, 0.29) is 5.91 Å². The molecule has 0 saturated heterocycles. The first-order valence-electron chi connectivity index (χ1n) is 7.73. The zero-order valence-electron chi connectivity index (χ0n) is 13.1. The molecule has 0 unspecified atom stereocenters. The van der Waals surface area contributed by atoms with Gasteiger partial charge < -0.3 is 5.32 Å². The van der Waals surface area contributed by atoms with Crippen molar-refractivity contribution < 1.29 is 4.79 Å². The topological polar surface area (TPSA) is 53.5 Å². The van der Waals surface area contributed by atoms with E-state index in [0.717, 1.165) is 30.4 Å². The van der Waals surface area contributed by atoms with Crippen LogP contribution < -0.4 is 10.7 Å². The quantitative estimate of drug-likeness (QED) is 0.830. The van der Waals surface area contributed by atoms with Crippen LogP contribution in [0.25, 0.3) is 0 Å². The van der Waals surface area contributed by atoms with Crippen LogP contribution in [0.5, 0.6) is 0 Å². The Morgan fingerprint density at radius 3 is 2.33 bits per heavy atom. The predicted molar refractivity (Wildman–Crippen MR) is 87.7 cm³/mol. The summed E-state index contributed by atoms with van der Waals surface area (Å²) < 4.78 is 0. The molecule has 2 rings (SSSR count). The lowest BCUT2D eigenvalue weighted by Crippen LogP contribution is -2.19. The number of nitrogens with one attached hydrogen (secondary N) is 2. The van der Waals surface area contributed by atoms with Crippen LogP contribution in [0.2, 0.25) is 0 Å². The summed E-state index contributed by atoms with van der Waals surface area (Å²) in [7, 11) is 1.63. The summed E-state index contributed by atoms with van der Waals surface area (Å²) in [6.45, 7) is 4.61. The summed E-state index contributed by atoms with van der Waals surface area (Å²) in [5, 5.41) is 7.12. The molecule has 0 aliphatic heterocycles. The van der Waals surface area contributed by atoms with E-state index >= 15 is 0 Å². The maximum atomic E-state index is 11.5. The molecule has 1 aromatic rings. The summed E-state index contributed by atoms with van der Waals surface area (Å²) in [6, 6.07) is 7.37. The average Bonchev–Trinajstić information content (AvgIpc) is 2.53. The van der Waals surface area contributed by atoms with Crippen molar-refractivity contribution in [3.8, 4) is 0 Å². The zero-order chi connectivity index (χ0) is 15.2.